The lowest BCUT2D eigenvalue weighted by Crippen LogP contribution is -2.20. The van der Waals surface area contributed by atoms with Crippen LogP contribution in [0.1, 0.15) is 35.7 Å². The second-order valence-corrected chi connectivity index (χ2v) is 6.33. The average molecular weight is 347 g/mol. The van der Waals surface area contributed by atoms with Crippen LogP contribution in [0.5, 0.6) is 5.75 Å². The molecule has 21 heavy (non-hydrogen) atoms. The van der Waals surface area contributed by atoms with Gasteiger partial charge in [-0.2, -0.15) is 0 Å². The Labute approximate surface area is 133 Å². The molecule has 1 unspecified atom stereocenters. The fourth-order valence-electron chi connectivity index (χ4n) is 2.60. The lowest BCUT2D eigenvalue weighted by molar-refractivity contribution is 0.315. The predicted molar refractivity (Wildman–Crippen MR) is 87.4 cm³/mol. The monoisotopic (exact) mass is 346 g/mol. The molecule has 2 heterocycles. The quantitative estimate of drug-likeness (QED) is 0.906. The number of fused-ring (bicyclic) bond motifs is 1. The fourth-order valence-corrected chi connectivity index (χ4v) is 2.94. The van der Waals surface area contributed by atoms with Crippen molar-refractivity contribution in [3.63, 3.8) is 0 Å². The van der Waals surface area contributed by atoms with Crippen molar-refractivity contribution in [2.45, 2.75) is 32.4 Å². The number of pyridine rings is 1. The molecule has 0 fully saturated rings. The van der Waals surface area contributed by atoms with Gasteiger partial charge in [0.2, 0.25) is 0 Å². The molecule has 0 saturated carbocycles. The van der Waals surface area contributed by atoms with Gasteiger partial charge in [0.25, 0.3) is 0 Å². The van der Waals surface area contributed by atoms with Gasteiger partial charge in [-0.3, -0.25) is 4.98 Å². The highest BCUT2D eigenvalue weighted by molar-refractivity contribution is 9.10. The van der Waals surface area contributed by atoms with Crippen LogP contribution in [0.2, 0.25) is 0 Å². The second kappa shape index (κ2) is 6.58. The minimum atomic E-state index is 0.330. The zero-order chi connectivity index (χ0) is 14.7. The summed E-state index contributed by atoms with van der Waals surface area (Å²) >= 11 is 3.51. The van der Waals surface area contributed by atoms with E-state index in [-0.39, 0.29) is 0 Å². The Morgan fingerprint density at radius 2 is 2.24 bits per heavy atom. The Hall–Kier alpha value is -1.39. The van der Waals surface area contributed by atoms with Crippen molar-refractivity contribution in [1.29, 1.82) is 0 Å². The number of hydrogen-bond acceptors (Lipinski definition) is 3. The first kappa shape index (κ1) is 14.5. The number of ether oxygens (including phenoxy) is 1. The maximum absolute atomic E-state index is 5.84. The topological polar surface area (TPSA) is 34.1 Å². The molecule has 0 bridgehead atoms. The normalized spacial score (nSPS) is 17.7. The minimum Gasteiger partial charge on any atom is -0.493 e. The number of nitrogens with zero attached hydrogens (tertiary/aromatic N) is 1. The van der Waals surface area contributed by atoms with E-state index in [1.165, 1.54) is 11.1 Å². The zero-order valence-corrected chi connectivity index (χ0v) is 13.7. The molecular weight excluding hydrogens is 328 g/mol. The highest BCUT2D eigenvalue weighted by Gasteiger charge is 2.19. The first-order chi connectivity index (χ1) is 10.2. The van der Waals surface area contributed by atoms with Crippen molar-refractivity contribution in [3.05, 3.63) is 57.8 Å². The largest absolute Gasteiger partial charge is 0.493 e. The van der Waals surface area contributed by atoms with Crippen molar-refractivity contribution in [1.82, 2.24) is 10.3 Å². The van der Waals surface area contributed by atoms with Gasteiger partial charge in [0.05, 0.1) is 6.61 Å². The predicted octanol–water partition coefficient (Wildman–Crippen LogP) is 4.16. The number of aryl methyl sites for hydroxylation is 1. The maximum Gasteiger partial charge on any atom is 0.125 e. The van der Waals surface area contributed by atoms with Crippen LogP contribution in [0.15, 0.2) is 41.0 Å². The number of nitrogens with one attached hydrogen (secondary N) is 1. The van der Waals surface area contributed by atoms with Crippen molar-refractivity contribution in [3.8, 4) is 5.75 Å². The molecule has 1 aliphatic rings. The van der Waals surface area contributed by atoms with E-state index in [2.05, 4.69) is 56.6 Å². The van der Waals surface area contributed by atoms with Gasteiger partial charge >= 0.3 is 0 Å². The van der Waals surface area contributed by atoms with Gasteiger partial charge in [0.15, 0.2) is 0 Å². The Kier molecular flexibility index (Phi) is 4.56. The van der Waals surface area contributed by atoms with Crippen molar-refractivity contribution < 1.29 is 4.74 Å². The lowest BCUT2D eigenvalue weighted by Gasteiger charge is -2.18. The van der Waals surface area contributed by atoms with Gasteiger partial charge < -0.3 is 10.1 Å². The second-order valence-electron chi connectivity index (χ2n) is 5.41. The maximum atomic E-state index is 5.84. The smallest absolute Gasteiger partial charge is 0.125 e. The molecule has 3 nitrogen and oxygen atoms in total. The van der Waals surface area contributed by atoms with E-state index in [9.17, 15) is 0 Å². The van der Waals surface area contributed by atoms with E-state index in [1.54, 1.807) is 0 Å². The number of hydrogen-bond donors (Lipinski definition) is 1. The third-order valence-electron chi connectivity index (χ3n) is 3.77. The summed E-state index contributed by atoms with van der Waals surface area (Å²) in [6, 6.07) is 10.8. The number of halogens is 1. The summed E-state index contributed by atoms with van der Waals surface area (Å²) < 4.78 is 6.90. The standard InChI is InChI=1S/C17H19BrN2O/c1-12-4-5-13(10-19-12)11-20-16-3-2-8-21-17-9-14(18)6-7-15(16)17/h4-7,9-10,16,20H,2-3,8,11H2,1H3. The van der Waals surface area contributed by atoms with E-state index in [0.29, 0.717) is 6.04 Å². The number of aromatic nitrogens is 1. The van der Waals surface area contributed by atoms with Gasteiger partial charge in [0, 0.05) is 34.5 Å². The molecule has 0 saturated heterocycles. The molecule has 0 radical (unpaired) electrons. The molecule has 3 rings (SSSR count). The SMILES string of the molecule is Cc1ccc(CNC2CCCOc3cc(Br)ccc32)cn1. The molecule has 110 valence electrons. The highest BCUT2D eigenvalue weighted by Crippen LogP contribution is 2.33. The lowest BCUT2D eigenvalue weighted by atomic mass is 10.0. The van der Waals surface area contributed by atoms with Crippen LogP contribution in [0.4, 0.5) is 0 Å². The van der Waals surface area contributed by atoms with Crippen LogP contribution in [-0.4, -0.2) is 11.6 Å². The van der Waals surface area contributed by atoms with E-state index in [4.69, 9.17) is 4.74 Å². The average Bonchev–Trinajstić information content (AvgIpc) is 2.68. The molecule has 0 spiro atoms. The molecule has 2 aromatic rings. The first-order valence-corrected chi connectivity index (χ1v) is 8.09. The van der Waals surface area contributed by atoms with Crippen LogP contribution in [0, 0.1) is 6.92 Å². The zero-order valence-electron chi connectivity index (χ0n) is 12.1. The molecule has 1 aliphatic heterocycles. The van der Waals surface area contributed by atoms with E-state index >= 15 is 0 Å². The van der Waals surface area contributed by atoms with Crippen LogP contribution in [-0.2, 0) is 6.54 Å². The summed E-state index contributed by atoms with van der Waals surface area (Å²) in [5.74, 6) is 0.987. The Morgan fingerprint density at radius 1 is 1.33 bits per heavy atom. The molecular formula is C17H19BrN2O. The number of rotatable bonds is 3. The molecule has 0 aliphatic carbocycles. The Bertz CT molecular complexity index is 613. The first-order valence-electron chi connectivity index (χ1n) is 7.29. The van der Waals surface area contributed by atoms with Gasteiger partial charge in [-0.25, -0.2) is 0 Å². The number of benzene rings is 1. The van der Waals surface area contributed by atoms with E-state index in [1.807, 2.05) is 13.1 Å². The third-order valence-corrected chi connectivity index (χ3v) is 4.26. The molecule has 1 aromatic heterocycles. The summed E-state index contributed by atoms with van der Waals surface area (Å²) in [6.45, 7) is 3.62. The molecule has 1 aromatic carbocycles. The Morgan fingerprint density at radius 3 is 3.05 bits per heavy atom. The van der Waals surface area contributed by atoms with Gasteiger partial charge in [-0.15, -0.1) is 0 Å². The van der Waals surface area contributed by atoms with Gasteiger partial charge in [-0.05, 0) is 43.5 Å². The molecule has 1 atom stereocenters. The summed E-state index contributed by atoms with van der Waals surface area (Å²) in [7, 11) is 0. The minimum absolute atomic E-state index is 0.330. The van der Waals surface area contributed by atoms with Crippen LogP contribution < -0.4 is 10.1 Å². The van der Waals surface area contributed by atoms with Gasteiger partial charge in [0.1, 0.15) is 5.75 Å². The van der Waals surface area contributed by atoms with E-state index in [0.717, 1.165) is 41.9 Å². The van der Waals surface area contributed by atoms with E-state index < -0.39 is 0 Å². The van der Waals surface area contributed by atoms with Crippen molar-refractivity contribution in [2.24, 2.45) is 0 Å². The van der Waals surface area contributed by atoms with Crippen molar-refractivity contribution >= 4 is 15.9 Å². The molecule has 1 N–H and O–H groups in total. The fraction of sp³-hybridized carbons (Fsp3) is 0.353. The summed E-state index contributed by atoms with van der Waals surface area (Å²) in [4.78, 5) is 4.35. The molecule has 0 amide bonds. The summed E-state index contributed by atoms with van der Waals surface area (Å²) in [6.07, 6.45) is 4.10. The highest BCUT2D eigenvalue weighted by atomic mass is 79.9. The third kappa shape index (κ3) is 3.63. The van der Waals surface area contributed by atoms with Gasteiger partial charge in [-0.1, -0.05) is 28.1 Å². The van der Waals surface area contributed by atoms with Crippen LogP contribution >= 0.6 is 15.9 Å². The summed E-state index contributed by atoms with van der Waals surface area (Å²) in [5.41, 5.74) is 3.51. The van der Waals surface area contributed by atoms with Crippen LogP contribution in [0.25, 0.3) is 0 Å². The van der Waals surface area contributed by atoms with Crippen LogP contribution in [0.3, 0.4) is 0 Å². The Balaban J connectivity index is 1.74. The summed E-state index contributed by atoms with van der Waals surface area (Å²) in [5, 5.41) is 3.64. The van der Waals surface area contributed by atoms with Crippen molar-refractivity contribution in [2.75, 3.05) is 6.61 Å². The molecule has 4 heteroatoms.